The molecule has 5 rings (SSSR count). The largest absolute Gasteiger partial charge is 0.336 e. The molecule has 0 unspecified atom stereocenters. The number of carbonyl (C=O) groups excluding carboxylic acids is 1. The van der Waals surface area contributed by atoms with Gasteiger partial charge in [0.2, 0.25) is 0 Å². The SMILES string of the molecule is Cc1cccnc1C(=O)N1C[C@@H]2C[C@H](C1)c1ccc(CN3CC[C@@H](N(C)C)C3)c(=O)n1C2. The van der Waals surface area contributed by atoms with Crippen molar-refractivity contribution in [3.8, 4) is 0 Å². The Hall–Kier alpha value is -2.51. The summed E-state index contributed by atoms with van der Waals surface area (Å²) in [6, 6.07) is 8.53. The molecule has 3 atom stereocenters. The number of likely N-dealkylation sites (tertiary alicyclic amines) is 2. The second-order valence-corrected chi connectivity index (χ2v) is 10.0. The van der Waals surface area contributed by atoms with Gasteiger partial charge < -0.3 is 14.4 Å². The van der Waals surface area contributed by atoms with E-state index in [4.69, 9.17) is 0 Å². The number of aryl methyl sites for hydroxylation is 1. The Morgan fingerprint density at radius 1 is 1.16 bits per heavy atom. The second kappa shape index (κ2) is 8.45. The van der Waals surface area contributed by atoms with Crippen molar-refractivity contribution < 1.29 is 4.79 Å². The molecule has 0 radical (unpaired) electrons. The molecular formula is C25H33N5O2. The van der Waals surface area contributed by atoms with E-state index in [0.29, 0.717) is 37.3 Å². The Balaban J connectivity index is 1.34. The molecule has 0 saturated carbocycles. The number of likely N-dealkylation sites (N-methyl/N-ethyl adjacent to an activating group) is 1. The second-order valence-electron chi connectivity index (χ2n) is 10.0. The topological polar surface area (TPSA) is 61.7 Å². The molecule has 7 nitrogen and oxygen atoms in total. The third-order valence-electron chi connectivity index (χ3n) is 7.55. The Labute approximate surface area is 189 Å². The first-order valence-corrected chi connectivity index (χ1v) is 11.7. The summed E-state index contributed by atoms with van der Waals surface area (Å²) in [7, 11) is 4.26. The molecule has 32 heavy (non-hydrogen) atoms. The smallest absolute Gasteiger partial charge is 0.272 e. The van der Waals surface area contributed by atoms with Crippen LogP contribution in [0.15, 0.2) is 35.3 Å². The molecule has 2 saturated heterocycles. The third-order valence-corrected chi connectivity index (χ3v) is 7.55. The molecular weight excluding hydrogens is 402 g/mol. The average Bonchev–Trinajstić information content (AvgIpc) is 3.25. The summed E-state index contributed by atoms with van der Waals surface area (Å²) in [6.07, 6.45) is 3.88. The minimum absolute atomic E-state index is 0.00898. The van der Waals surface area contributed by atoms with Gasteiger partial charge in [0.15, 0.2) is 0 Å². The van der Waals surface area contributed by atoms with Gasteiger partial charge in [-0.2, -0.15) is 0 Å². The van der Waals surface area contributed by atoms with Crippen LogP contribution in [0.5, 0.6) is 0 Å². The summed E-state index contributed by atoms with van der Waals surface area (Å²) in [4.78, 5) is 37.5. The zero-order chi connectivity index (χ0) is 22.4. The van der Waals surface area contributed by atoms with Gasteiger partial charge in [-0.05, 0) is 57.5 Å². The van der Waals surface area contributed by atoms with E-state index in [1.54, 1.807) is 6.20 Å². The Morgan fingerprint density at radius 2 is 2.00 bits per heavy atom. The minimum atomic E-state index is 0.00898. The molecule has 170 valence electrons. The van der Waals surface area contributed by atoms with Crippen LogP contribution in [0.4, 0.5) is 0 Å². The molecule has 0 aromatic carbocycles. The van der Waals surface area contributed by atoms with Crippen molar-refractivity contribution in [1.29, 1.82) is 0 Å². The van der Waals surface area contributed by atoms with Crippen LogP contribution < -0.4 is 5.56 Å². The van der Waals surface area contributed by atoms with E-state index in [-0.39, 0.29) is 17.4 Å². The van der Waals surface area contributed by atoms with E-state index in [1.165, 1.54) is 0 Å². The summed E-state index contributed by atoms with van der Waals surface area (Å²) < 4.78 is 2.00. The van der Waals surface area contributed by atoms with Gasteiger partial charge in [0, 0.05) is 68.7 Å². The van der Waals surface area contributed by atoms with Crippen LogP contribution in [0.1, 0.15) is 46.1 Å². The molecule has 0 N–H and O–H groups in total. The molecule has 2 fully saturated rings. The fourth-order valence-corrected chi connectivity index (χ4v) is 5.75. The first-order valence-electron chi connectivity index (χ1n) is 11.7. The van der Waals surface area contributed by atoms with Crippen LogP contribution >= 0.6 is 0 Å². The number of rotatable bonds is 4. The first kappa shape index (κ1) is 21.3. The molecule has 2 aromatic heterocycles. The maximum atomic E-state index is 13.4. The van der Waals surface area contributed by atoms with Crippen molar-refractivity contribution in [2.75, 3.05) is 40.3 Å². The van der Waals surface area contributed by atoms with Gasteiger partial charge >= 0.3 is 0 Å². The molecule has 7 heteroatoms. The molecule has 3 aliphatic rings. The zero-order valence-electron chi connectivity index (χ0n) is 19.3. The van der Waals surface area contributed by atoms with E-state index < -0.39 is 0 Å². The summed E-state index contributed by atoms with van der Waals surface area (Å²) in [5, 5.41) is 0. The van der Waals surface area contributed by atoms with Gasteiger partial charge in [0.25, 0.3) is 11.5 Å². The van der Waals surface area contributed by atoms with E-state index in [0.717, 1.165) is 49.3 Å². The Kier molecular flexibility index (Phi) is 5.63. The number of hydrogen-bond acceptors (Lipinski definition) is 5. The lowest BCUT2D eigenvalue weighted by Crippen LogP contribution is -2.49. The van der Waals surface area contributed by atoms with Crippen molar-refractivity contribution in [3.63, 3.8) is 0 Å². The number of fused-ring (bicyclic) bond motifs is 4. The molecule has 1 amide bonds. The van der Waals surface area contributed by atoms with Gasteiger partial charge in [-0.3, -0.25) is 19.5 Å². The molecule has 2 bridgehead atoms. The number of aromatic nitrogens is 2. The van der Waals surface area contributed by atoms with Gasteiger partial charge in [0.05, 0.1) is 0 Å². The summed E-state index contributed by atoms with van der Waals surface area (Å²) in [5.41, 5.74) is 3.59. The lowest BCUT2D eigenvalue weighted by molar-refractivity contribution is 0.0587. The highest BCUT2D eigenvalue weighted by atomic mass is 16.2. The van der Waals surface area contributed by atoms with Crippen LogP contribution in [0, 0.1) is 12.8 Å². The highest BCUT2D eigenvalue weighted by Gasteiger charge is 2.37. The normalized spacial score (nSPS) is 25.2. The van der Waals surface area contributed by atoms with Gasteiger partial charge in [-0.1, -0.05) is 12.1 Å². The fraction of sp³-hybridized carbons (Fsp3) is 0.560. The third kappa shape index (κ3) is 3.88. The van der Waals surface area contributed by atoms with E-state index in [9.17, 15) is 9.59 Å². The monoisotopic (exact) mass is 435 g/mol. The molecule has 0 spiro atoms. The highest BCUT2D eigenvalue weighted by molar-refractivity contribution is 5.93. The predicted octanol–water partition coefficient (Wildman–Crippen LogP) is 1.95. The summed E-state index contributed by atoms with van der Waals surface area (Å²) >= 11 is 0. The van der Waals surface area contributed by atoms with Crippen molar-refractivity contribution in [2.45, 2.75) is 44.8 Å². The van der Waals surface area contributed by atoms with E-state index in [2.05, 4.69) is 34.9 Å². The molecule has 3 aliphatic heterocycles. The van der Waals surface area contributed by atoms with Crippen molar-refractivity contribution in [2.24, 2.45) is 5.92 Å². The average molecular weight is 436 g/mol. The maximum absolute atomic E-state index is 13.4. The zero-order valence-corrected chi connectivity index (χ0v) is 19.3. The van der Waals surface area contributed by atoms with Crippen molar-refractivity contribution in [3.05, 3.63) is 63.3 Å². The summed E-state index contributed by atoms with van der Waals surface area (Å²) in [6.45, 7) is 6.76. The Bertz CT molecular complexity index is 1080. The number of hydrogen-bond donors (Lipinski definition) is 0. The van der Waals surface area contributed by atoms with Crippen molar-refractivity contribution in [1.82, 2.24) is 24.3 Å². The maximum Gasteiger partial charge on any atom is 0.272 e. The van der Waals surface area contributed by atoms with Crippen LogP contribution in [0.2, 0.25) is 0 Å². The molecule has 5 heterocycles. The van der Waals surface area contributed by atoms with Crippen LogP contribution in [-0.2, 0) is 13.1 Å². The Morgan fingerprint density at radius 3 is 2.75 bits per heavy atom. The standard InChI is InChI=1S/C25H33N5O2/c1-17-5-4-9-26-23(17)25(32)29-12-18-11-20(15-29)22-7-6-19(24(31)30(22)13-18)14-28-10-8-21(16-28)27(2)3/h4-7,9,18,20-21H,8,10-16H2,1-3H3/t18-,20+,21+/m0/s1. The molecule has 0 aliphatic carbocycles. The predicted molar refractivity (Wildman–Crippen MR) is 124 cm³/mol. The van der Waals surface area contributed by atoms with E-state index in [1.807, 2.05) is 34.6 Å². The number of nitrogens with zero attached hydrogens (tertiary/aromatic N) is 5. The van der Waals surface area contributed by atoms with Crippen LogP contribution in [-0.4, -0.2) is 76.5 Å². The number of piperidine rings is 1. The van der Waals surface area contributed by atoms with Crippen molar-refractivity contribution >= 4 is 5.91 Å². The lowest BCUT2D eigenvalue weighted by Gasteiger charge is -2.43. The quantitative estimate of drug-likeness (QED) is 0.735. The fourth-order valence-electron chi connectivity index (χ4n) is 5.75. The minimum Gasteiger partial charge on any atom is -0.336 e. The summed E-state index contributed by atoms with van der Waals surface area (Å²) in [5.74, 6) is 0.531. The first-order chi connectivity index (χ1) is 15.4. The number of pyridine rings is 2. The van der Waals surface area contributed by atoms with Crippen LogP contribution in [0.3, 0.4) is 0 Å². The molecule has 2 aromatic rings. The number of carbonyl (C=O) groups is 1. The van der Waals surface area contributed by atoms with Gasteiger partial charge in [-0.25, -0.2) is 0 Å². The lowest BCUT2D eigenvalue weighted by atomic mass is 9.82. The van der Waals surface area contributed by atoms with E-state index >= 15 is 0 Å². The van der Waals surface area contributed by atoms with Gasteiger partial charge in [-0.15, -0.1) is 0 Å². The highest BCUT2D eigenvalue weighted by Crippen LogP contribution is 2.35. The van der Waals surface area contributed by atoms with Crippen LogP contribution in [0.25, 0.3) is 0 Å². The van der Waals surface area contributed by atoms with Gasteiger partial charge in [0.1, 0.15) is 5.69 Å². The number of amides is 1.